The number of fused-ring (bicyclic) bond motifs is 3. The molecule has 3 aromatic rings. The van der Waals surface area contributed by atoms with Gasteiger partial charge in [-0.25, -0.2) is 14.6 Å². The number of aryl methyl sites for hydroxylation is 2. The number of hydrogen-bond acceptors (Lipinski definition) is 4. The molecule has 0 N–H and O–H groups in total. The molecule has 6 nitrogen and oxygen atoms in total. The molecule has 0 atom stereocenters. The standard InChI is InChI=1S/C22H25N5O/c1-14(2)13-26(4)21(28)19-12-24-27(15(19)3)22-23-11-17-10-9-16-7-5-6-8-18(16)20(17)25-22/h5-8,11-12,14H,9-10,13H2,1-4H3. The second-order valence-corrected chi connectivity index (χ2v) is 7.84. The molecule has 6 heteroatoms. The van der Waals surface area contributed by atoms with Crippen molar-refractivity contribution in [3.8, 4) is 17.2 Å². The van der Waals surface area contributed by atoms with Crippen molar-refractivity contribution < 1.29 is 4.79 Å². The van der Waals surface area contributed by atoms with Gasteiger partial charge in [0.25, 0.3) is 11.9 Å². The third-order valence-electron chi connectivity index (χ3n) is 5.20. The van der Waals surface area contributed by atoms with Crippen LogP contribution in [0, 0.1) is 12.8 Å². The molecule has 0 spiro atoms. The Morgan fingerprint density at radius 1 is 1.18 bits per heavy atom. The van der Waals surface area contributed by atoms with Gasteiger partial charge in [0.2, 0.25) is 0 Å². The first-order chi connectivity index (χ1) is 13.5. The average Bonchev–Trinajstić information content (AvgIpc) is 3.07. The van der Waals surface area contributed by atoms with Crippen LogP contribution >= 0.6 is 0 Å². The molecule has 0 saturated heterocycles. The van der Waals surface area contributed by atoms with E-state index in [4.69, 9.17) is 4.98 Å². The topological polar surface area (TPSA) is 63.9 Å². The van der Waals surface area contributed by atoms with E-state index in [9.17, 15) is 4.79 Å². The molecule has 1 aliphatic rings. The van der Waals surface area contributed by atoms with E-state index in [2.05, 4.69) is 42.1 Å². The van der Waals surface area contributed by atoms with Crippen molar-refractivity contribution in [3.05, 3.63) is 59.0 Å². The quantitative estimate of drug-likeness (QED) is 0.700. The molecule has 0 fully saturated rings. The second kappa shape index (κ2) is 7.19. The van der Waals surface area contributed by atoms with Gasteiger partial charge in [-0.3, -0.25) is 4.79 Å². The Hall–Kier alpha value is -3.02. The summed E-state index contributed by atoms with van der Waals surface area (Å²) in [7, 11) is 1.82. The molecule has 0 radical (unpaired) electrons. The molecule has 1 aliphatic carbocycles. The Balaban J connectivity index is 1.70. The number of benzene rings is 1. The number of rotatable bonds is 4. The van der Waals surface area contributed by atoms with Crippen LogP contribution in [0.4, 0.5) is 0 Å². The van der Waals surface area contributed by atoms with E-state index < -0.39 is 0 Å². The van der Waals surface area contributed by atoms with Gasteiger partial charge in [0.05, 0.1) is 23.1 Å². The van der Waals surface area contributed by atoms with Crippen molar-refractivity contribution in [3.63, 3.8) is 0 Å². The molecule has 28 heavy (non-hydrogen) atoms. The molecule has 2 heterocycles. The Morgan fingerprint density at radius 3 is 2.71 bits per heavy atom. The van der Waals surface area contributed by atoms with E-state index >= 15 is 0 Å². The van der Waals surface area contributed by atoms with Crippen molar-refractivity contribution in [2.24, 2.45) is 5.92 Å². The van der Waals surface area contributed by atoms with E-state index in [1.807, 2.05) is 26.2 Å². The highest BCUT2D eigenvalue weighted by atomic mass is 16.2. The average molecular weight is 375 g/mol. The first-order valence-electron chi connectivity index (χ1n) is 9.70. The van der Waals surface area contributed by atoms with Crippen LogP contribution < -0.4 is 0 Å². The molecule has 2 aromatic heterocycles. The van der Waals surface area contributed by atoms with Crippen LogP contribution in [0.2, 0.25) is 0 Å². The van der Waals surface area contributed by atoms with Crippen LogP contribution in [0.1, 0.15) is 41.0 Å². The number of nitrogens with zero attached hydrogens (tertiary/aromatic N) is 5. The maximum absolute atomic E-state index is 12.8. The summed E-state index contributed by atoms with van der Waals surface area (Å²) in [5, 5.41) is 4.42. The number of hydrogen-bond donors (Lipinski definition) is 0. The fourth-order valence-electron chi connectivity index (χ4n) is 3.81. The van der Waals surface area contributed by atoms with Crippen LogP contribution in [0.3, 0.4) is 0 Å². The van der Waals surface area contributed by atoms with Gasteiger partial charge in [-0.2, -0.15) is 5.10 Å². The zero-order valence-electron chi connectivity index (χ0n) is 16.8. The predicted octanol–water partition coefficient (Wildman–Crippen LogP) is 3.46. The van der Waals surface area contributed by atoms with E-state index in [1.165, 1.54) is 5.56 Å². The highest BCUT2D eigenvalue weighted by molar-refractivity contribution is 5.95. The minimum absolute atomic E-state index is 0.0271. The zero-order valence-corrected chi connectivity index (χ0v) is 16.8. The Labute approximate surface area is 165 Å². The molecule has 0 bridgehead atoms. The lowest BCUT2D eigenvalue weighted by Gasteiger charge is -2.19. The van der Waals surface area contributed by atoms with Crippen LogP contribution in [-0.4, -0.2) is 44.1 Å². The normalized spacial score (nSPS) is 12.6. The highest BCUT2D eigenvalue weighted by Gasteiger charge is 2.22. The third-order valence-corrected chi connectivity index (χ3v) is 5.20. The summed E-state index contributed by atoms with van der Waals surface area (Å²) < 4.78 is 1.66. The van der Waals surface area contributed by atoms with E-state index in [1.54, 1.807) is 15.8 Å². The summed E-state index contributed by atoms with van der Waals surface area (Å²) in [5.74, 6) is 0.882. The smallest absolute Gasteiger partial charge is 0.257 e. The fourth-order valence-corrected chi connectivity index (χ4v) is 3.81. The molecule has 4 rings (SSSR count). The number of carbonyl (C=O) groups is 1. The lowest BCUT2D eigenvalue weighted by Crippen LogP contribution is -2.30. The first kappa shape index (κ1) is 18.3. The summed E-state index contributed by atoms with van der Waals surface area (Å²) in [6.07, 6.45) is 5.45. The van der Waals surface area contributed by atoms with Gasteiger partial charge in [0.15, 0.2) is 0 Å². The predicted molar refractivity (Wildman–Crippen MR) is 109 cm³/mol. The van der Waals surface area contributed by atoms with Crippen LogP contribution in [-0.2, 0) is 12.8 Å². The van der Waals surface area contributed by atoms with Crippen molar-refractivity contribution in [1.82, 2.24) is 24.6 Å². The van der Waals surface area contributed by atoms with Gasteiger partial charge < -0.3 is 4.90 Å². The first-order valence-corrected chi connectivity index (χ1v) is 9.70. The number of carbonyl (C=O) groups excluding carboxylic acids is 1. The Bertz CT molecular complexity index is 1040. The molecule has 1 aromatic carbocycles. The summed E-state index contributed by atoms with van der Waals surface area (Å²) >= 11 is 0. The maximum atomic E-state index is 12.8. The minimum Gasteiger partial charge on any atom is -0.341 e. The third kappa shape index (κ3) is 3.19. The SMILES string of the molecule is Cc1c(C(=O)N(C)CC(C)C)cnn1-c1ncc2c(n1)-c1ccccc1CC2. The monoisotopic (exact) mass is 375 g/mol. The lowest BCUT2D eigenvalue weighted by atomic mass is 9.90. The number of amides is 1. The van der Waals surface area contributed by atoms with Crippen molar-refractivity contribution in [1.29, 1.82) is 0 Å². The van der Waals surface area contributed by atoms with E-state index in [-0.39, 0.29) is 5.91 Å². The van der Waals surface area contributed by atoms with Gasteiger partial charge in [-0.05, 0) is 36.8 Å². The number of aromatic nitrogens is 4. The molecule has 0 saturated carbocycles. The summed E-state index contributed by atoms with van der Waals surface area (Å²) in [6, 6.07) is 8.36. The Morgan fingerprint density at radius 2 is 1.93 bits per heavy atom. The minimum atomic E-state index is -0.0271. The van der Waals surface area contributed by atoms with Crippen molar-refractivity contribution >= 4 is 5.91 Å². The van der Waals surface area contributed by atoms with Gasteiger partial charge in [-0.15, -0.1) is 0 Å². The summed E-state index contributed by atoms with van der Waals surface area (Å²) in [6.45, 7) is 6.79. The molecular formula is C22H25N5O. The van der Waals surface area contributed by atoms with Crippen LogP contribution in [0.15, 0.2) is 36.7 Å². The molecular weight excluding hydrogens is 350 g/mol. The fraction of sp³-hybridized carbons (Fsp3) is 0.364. The largest absolute Gasteiger partial charge is 0.341 e. The Kier molecular flexibility index (Phi) is 4.71. The van der Waals surface area contributed by atoms with Crippen molar-refractivity contribution in [2.45, 2.75) is 33.6 Å². The molecule has 1 amide bonds. The van der Waals surface area contributed by atoms with Gasteiger partial charge in [-0.1, -0.05) is 38.1 Å². The second-order valence-electron chi connectivity index (χ2n) is 7.84. The lowest BCUT2D eigenvalue weighted by molar-refractivity contribution is 0.0778. The highest BCUT2D eigenvalue weighted by Crippen LogP contribution is 2.31. The van der Waals surface area contributed by atoms with Crippen LogP contribution in [0.5, 0.6) is 0 Å². The maximum Gasteiger partial charge on any atom is 0.257 e. The zero-order chi connectivity index (χ0) is 19.8. The van der Waals surface area contributed by atoms with E-state index in [0.717, 1.165) is 35.4 Å². The molecule has 144 valence electrons. The van der Waals surface area contributed by atoms with Gasteiger partial charge in [0, 0.05) is 25.4 Å². The van der Waals surface area contributed by atoms with Crippen LogP contribution in [0.25, 0.3) is 17.2 Å². The van der Waals surface area contributed by atoms with E-state index in [0.29, 0.717) is 24.0 Å². The summed E-state index contributed by atoms with van der Waals surface area (Å²) in [5.41, 5.74) is 5.93. The van der Waals surface area contributed by atoms with Gasteiger partial charge >= 0.3 is 0 Å². The van der Waals surface area contributed by atoms with Gasteiger partial charge in [0.1, 0.15) is 0 Å². The summed E-state index contributed by atoms with van der Waals surface area (Å²) in [4.78, 5) is 23.9. The molecule has 0 aliphatic heterocycles. The van der Waals surface area contributed by atoms with Crippen molar-refractivity contribution in [2.75, 3.05) is 13.6 Å². The molecule has 0 unspecified atom stereocenters.